The molecule has 0 radical (unpaired) electrons. The Kier molecular flexibility index (Phi) is 8.03. The molecule has 0 bridgehead atoms. The van der Waals surface area contributed by atoms with E-state index in [1.807, 2.05) is 18.2 Å². The molecular weight excluding hydrogens is 368 g/mol. The van der Waals surface area contributed by atoms with Gasteiger partial charge in [0.05, 0.1) is 7.11 Å². The van der Waals surface area contributed by atoms with Crippen molar-refractivity contribution in [2.75, 3.05) is 27.8 Å². The number of ether oxygens (including phenoxy) is 2. The molecule has 2 rings (SSSR count). The molecule has 6 nitrogen and oxygen atoms in total. The first-order chi connectivity index (χ1) is 14.0. The molecule has 0 unspecified atom stereocenters. The lowest BCUT2D eigenvalue weighted by molar-refractivity contribution is -0.125. The van der Waals surface area contributed by atoms with Crippen LogP contribution in [0.4, 0.5) is 0 Å². The molecule has 152 valence electrons. The molecule has 29 heavy (non-hydrogen) atoms. The molecule has 0 saturated heterocycles. The molecule has 0 saturated carbocycles. The summed E-state index contributed by atoms with van der Waals surface area (Å²) in [7, 11) is 4.89. The van der Waals surface area contributed by atoms with E-state index in [0.717, 1.165) is 11.1 Å². The Labute approximate surface area is 171 Å². The summed E-state index contributed by atoms with van der Waals surface area (Å²) in [5, 5.41) is 2.58. The lowest BCUT2D eigenvalue weighted by atomic mass is 10.1. The average Bonchev–Trinajstić information content (AvgIpc) is 2.76. The first-order valence-corrected chi connectivity index (χ1v) is 9.14. The van der Waals surface area contributed by atoms with Crippen LogP contribution in [0.3, 0.4) is 0 Å². The number of hydrogen-bond donors (Lipinski definition) is 1. The number of benzene rings is 2. The van der Waals surface area contributed by atoms with E-state index in [1.165, 1.54) is 6.08 Å². The monoisotopic (exact) mass is 394 g/mol. The minimum Gasteiger partial charge on any atom is -0.493 e. The lowest BCUT2D eigenvalue weighted by Gasteiger charge is -2.15. The zero-order valence-corrected chi connectivity index (χ0v) is 17.0. The molecular formula is C23H26N2O4. The van der Waals surface area contributed by atoms with E-state index in [4.69, 9.17) is 9.47 Å². The van der Waals surface area contributed by atoms with Gasteiger partial charge in [0.15, 0.2) is 11.5 Å². The number of nitrogens with zero attached hydrogens (tertiary/aromatic N) is 1. The van der Waals surface area contributed by atoms with E-state index < -0.39 is 0 Å². The van der Waals surface area contributed by atoms with Crippen LogP contribution in [0.2, 0.25) is 0 Å². The maximum absolute atomic E-state index is 12.4. The molecule has 6 heteroatoms. The molecule has 0 aliphatic rings. The SMILES string of the molecule is C=CCOc1ccc(/C=C/C(=O)N(C)Cc2ccc(C(=O)NC)cc2)cc1OC. The van der Waals surface area contributed by atoms with Crippen molar-refractivity contribution in [2.45, 2.75) is 6.54 Å². The Morgan fingerprint density at radius 1 is 1.14 bits per heavy atom. The predicted octanol–water partition coefficient (Wildman–Crippen LogP) is 3.29. The number of methoxy groups -OCH3 is 1. The third-order valence-corrected chi connectivity index (χ3v) is 4.20. The molecule has 2 amide bonds. The third kappa shape index (κ3) is 6.24. The number of amides is 2. The second kappa shape index (κ2) is 10.7. The van der Waals surface area contributed by atoms with E-state index in [2.05, 4.69) is 11.9 Å². The molecule has 0 aliphatic heterocycles. The Bertz CT molecular complexity index is 888. The van der Waals surface area contributed by atoms with Gasteiger partial charge in [-0.25, -0.2) is 0 Å². The summed E-state index contributed by atoms with van der Waals surface area (Å²) in [5.74, 6) is 0.936. The van der Waals surface area contributed by atoms with E-state index in [-0.39, 0.29) is 11.8 Å². The van der Waals surface area contributed by atoms with Gasteiger partial charge in [-0.15, -0.1) is 0 Å². The molecule has 0 spiro atoms. The Balaban J connectivity index is 2.00. The normalized spacial score (nSPS) is 10.4. The molecule has 1 N–H and O–H groups in total. The highest BCUT2D eigenvalue weighted by Crippen LogP contribution is 2.28. The minimum absolute atomic E-state index is 0.133. The maximum Gasteiger partial charge on any atom is 0.251 e. The second-order valence-corrected chi connectivity index (χ2v) is 6.31. The summed E-state index contributed by atoms with van der Waals surface area (Å²) in [4.78, 5) is 25.6. The Morgan fingerprint density at radius 3 is 2.48 bits per heavy atom. The quantitative estimate of drug-likeness (QED) is 0.523. The van der Waals surface area contributed by atoms with Gasteiger partial charge in [0, 0.05) is 32.3 Å². The molecule has 0 heterocycles. The highest BCUT2D eigenvalue weighted by atomic mass is 16.5. The Hall–Kier alpha value is -3.54. The van der Waals surface area contributed by atoms with Crippen molar-refractivity contribution in [1.29, 1.82) is 0 Å². The van der Waals surface area contributed by atoms with Gasteiger partial charge in [0.25, 0.3) is 5.91 Å². The minimum atomic E-state index is -0.139. The fraction of sp³-hybridized carbons (Fsp3) is 0.217. The van der Waals surface area contributed by atoms with E-state index in [1.54, 1.807) is 62.5 Å². The van der Waals surface area contributed by atoms with Crippen LogP contribution < -0.4 is 14.8 Å². The van der Waals surface area contributed by atoms with E-state index >= 15 is 0 Å². The van der Waals surface area contributed by atoms with Gasteiger partial charge in [0.2, 0.25) is 5.91 Å². The zero-order valence-electron chi connectivity index (χ0n) is 17.0. The fourth-order valence-electron chi connectivity index (χ4n) is 2.61. The van der Waals surface area contributed by atoms with Crippen LogP contribution >= 0.6 is 0 Å². The largest absolute Gasteiger partial charge is 0.493 e. The van der Waals surface area contributed by atoms with Crippen LogP contribution in [-0.4, -0.2) is 44.5 Å². The topological polar surface area (TPSA) is 67.9 Å². The van der Waals surface area contributed by atoms with Crippen LogP contribution in [0.25, 0.3) is 6.08 Å². The molecule has 0 aromatic heterocycles. The zero-order chi connectivity index (χ0) is 21.2. The number of carbonyl (C=O) groups excluding carboxylic acids is 2. The number of hydrogen-bond acceptors (Lipinski definition) is 4. The van der Waals surface area contributed by atoms with Gasteiger partial charge in [-0.3, -0.25) is 9.59 Å². The van der Waals surface area contributed by atoms with Crippen LogP contribution in [0.1, 0.15) is 21.5 Å². The Morgan fingerprint density at radius 2 is 1.86 bits per heavy atom. The molecule has 0 atom stereocenters. The summed E-state index contributed by atoms with van der Waals surface area (Å²) in [6.45, 7) is 4.45. The number of nitrogens with one attached hydrogen (secondary N) is 1. The van der Waals surface area contributed by atoms with Gasteiger partial charge in [-0.2, -0.15) is 0 Å². The van der Waals surface area contributed by atoms with Crippen LogP contribution in [0, 0.1) is 0 Å². The van der Waals surface area contributed by atoms with Crippen LogP contribution in [0.5, 0.6) is 11.5 Å². The third-order valence-electron chi connectivity index (χ3n) is 4.20. The highest BCUT2D eigenvalue weighted by molar-refractivity contribution is 5.94. The molecule has 0 aliphatic carbocycles. The van der Waals surface area contributed by atoms with Crippen molar-refractivity contribution in [3.63, 3.8) is 0 Å². The van der Waals surface area contributed by atoms with Crippen molar-refractivity contribution in [3.05, 3.63) is 77.9 Å². The molecule has 0 fully saturated rings. The van der Waals surface area contributed by atoms with E-state index in [9.17, 15) is 9.59 Å². The van der Waals surface area contributed by atoms with Crippen molar-refractivity contribution in [2.24, 2.45) is 0 Å². The number of carbonyl (C=O) groups is 2. The van der Waals surface area contributed by atoms with Crippen molar-refractivity contribution < 1.29 is 19.1 Å². The summed E-state index contributed by atoms with van der Waals surface area (Å²) in [6, 6.07) is 12.6. The van der Waals surface area contributed by atoms with Gasteiger partial charge in [-0.05, 0) is 41.5 Å². The molecule has 2 aromatic carbocycles. The van der Waals surface area contributed by atoms with Crippen LogP contribution in [-0.2, 0) is 11.3 Å². The molecule has 2 aromatic rings. The summed E-state index contributed by atoms with van der Waals surface area (Å²) in [6.07, 6.45) is 4.90. The second-order valence-electron chi connectivity index (χ2n) is 6.31. The summed E-state index contributed by atoms with van der Waals surface area (Å²) >= 11 is 0. The predicted molar refractivity (Wildman–Crippen MR) is 114 cm³/mol. The standard InChI is InChI=1S/C23H26N2O4/c1-5-14-29-20-12-8-17(15-21(20)28-4)9-13-22(26)25(3)16-18-6-10-19(11-7-18)23(27)24-2/h5-13,15H,1,14,16H2,2-4H3,(H,24,27)/b13-9+. The average molecular weight is 394 g/mol. The fourth-order valence-corrected chi connectivity index (χ4v) is 2.61. The van der Waals surface area contributed by atoms with Gasteiger partial charge < -0.3 is 19.7 Å². The van der Waals surface area contributed by atoms with Crippen molar-refractivity contribution in [3.8, 4) is 11.5 Å². The van der Waals surface area contributed by atoms with Gasteiger partial charge >= 0.3 is 0 Å². The summed E-state index contributed by atoms with van der Waals surface area (Å²) < 4.78 is 10.9. The van der Waals surface area contributed by atoms with Crippen molar-refractivity contribution >= 4 is 17.9 Å². The van der Waals surface area contributed by atoms with Gasteiger partial charge in [-0.1, -0.05) is 30.9 Å². The maximum atomic E-state index is 12.4. The first-order valence-electron chi connectivity index (χ1n) is 9.14. The smallest absolute Gasteiger partial charge is 0.251 e. The van der Waals surface area contributed by atoms with Gasteiger partial charge in [0.1, 0.15) is 6.61 Å². The number of likely N-dealkylation sites (N-methyl/N-ethyl adjacent to an activating group) is 1. The highest BCUT2D eigenvalue weighted by Gasteiger charge is 2.08. The van der Waals surface area contributed by atoms with Crippen LogP contribution in [0.15, 0.2) is 61.2 Å². The summed E-state index contributed by atoms with van der Waals surface area (Å²) in [5.41, 5.74) is 2.34. The lowest BCUT2D eigenvalue weighted by Crippen LogP contribution is -2.24. The van der Waals surface area contributed by atoms with E-state index in [0.29, 0.717) is 30.2 Å². The first kappa shape index (κ1) is 21.8. The number of rotatable bonds is 9. The van der Waals surface area contributed by atoms with Crippen molar-refractivity contribution in [1.82, 2.24) is 10.2 Å².